The van der Waals surface area contributed by atoms with Gasteiger partial charge in [-0.05, 0) is 24.3 Å². The lowest BCUT2D eigenvalue weighted by atomic mass is 10.2. The lowest BCUT2D eigenvalue weighted by Crippen LogP contribution is -2.21. The van der Waals surface area contributed by atoms with Crippen LogP contribution in [0, 0.1) is 0 Å². The molecule has 5 aromatic rings. The minimum Gasteiger partial charge on any atom is -0.465 e. The summed E-state index contributed by atoms with van der Waals surface area (Å²) >= 11 is 0. The minimum atomic E-state index is -0.278. The van der Waals surface area contributed by atoms with Crippen molar-refractivity contribution >= 4 is 21.8 Å². The van der Waals surface area contributed by atoms with Crippen LogP contribution in [0.2, 0.25) is 0 Å². The highest BCUT2D eigenvalue weighted by Gasteiger charge is 2.23. The summed E-state index contributed by atoms with van der Waals surface area (Å²) in [5, 5.41) is 11.4. The third-order valence-electron chi connectivity index (χ3n) is 4.27. The zero-order chi connectivity index (χ0) is 15.9. The van der Waals surface area contributed by atoms with Crippen LogP contribution in [0.1, 0.15) is 11.9 Å². The summed E-state index contributed by atoms with van der Waals surface area (Å²) in [6.07, 6.45) is 5.15. The first-order chi connectivity index (χ1) is 11.9. The Balaban J connectivity index is 1.80. The molecule has 5 nitrogen and oxygen atoms in total. The topological polar surface area (TPSA) is 48.8 Å². The fourth-order valence-electron chi connectivity index (χ4n) is 3.16. The Kier molecular flexibility index (Phi) is 2.79. The zero-order valence-corrected chi connectivity index (χ0v) is 12.8. The van der Waals surface area contributed by atoms with Crippen molar-refractivity contribution in [3.05, 3.63) is 85.1 Å². The molecular weight excluding hydrogens is 300 g/mol. The van der Waals surface area contributed by atoms with E-state index >= 15 is 0 Å². The van der Waals surface area contributed by atoms with Crippen molar-refractivity contribution in [3.63, 3.8) is 0 Å². The summed E-state index contributed by atoms with van der Waals surface area (Å²) in [7, 11) is 0. The highest BCUT2D eigenvalue weighted by atomic mass is 16.3. The maximum absolute atomic E-state index is 5.72. The van der Waals surface area contributed by atoms with Crippen LogP contribution in [0.4, 0.5) is 0 Å². The van der Waals surface area contributed by atoms with Crippen LogP contribution in [-0.4, -0.2) is 19.6 Å². The van der Waals surface area contributed by atoms with Gasteiger partial charge < -0.3 is 4.42 Å². The SMILES string of the molecule is c1coc(C(n2ncc3ccccc32)n2ncc3ccccc32)c1. The van der Waals surface area contributed by atoms with Crippen LogP contribution in [0.25, 0.3) is 21.8 Å². The number of rotatable bonds is 3. The Morgan fingerprint density at radius 2 is 1.29 bits per heavy atom. The number of benzene rings is 2. The smallest absolute Gasteiger partial charge is 0.202 e. The number of furan rings is 1. The molecule has 0 saturated heterocycles. The van der Waals surface area contributed by atoms with Gasteiger partial charge in [0, 0.05) is 10.8 Å². The standard InChI is InChI=1S/C19H14N4O/c1-3-8-16-14(6-1)12-20-22(16)19(18-10-5-11-24-18)23-17-9-4-2-7-15(17)13-21-23/h1-13,19H. The van der Waals surface area contributed by atoms with E-state index in [1.807, 2.05) is 58.2 Å². The second kappa shape index (κ2) is 5.09. The number of hydrogen-bond acceptors (Lipinski definition) is 3. The fraction of sp³-hybridized carbons (Fsp3) is 0.0526. The van der Waals surface area contributed by atoms with Gasteiger partial charge in [0.15, 0.2) is 5.76 Å². The van der Waals surface area contributed by atoms with E-state index in [9.17, 15) is 0 Å². The molecular formula is C19H14N4O. The molecule has 3 aromatic heterocycles. The summed E-state index contributed by atoms with van der Waals surface area (Å²) in [6, 6.07) is 20.1. The molecule has 0 amide bonds. The van der Waals surface area contributed by atoms with E-state index in [4.69, 9.17) is 4.42 Å². The van der Waals surface area contributed by atoms with Crippen molar-refractivity contribution in [2.45, 2.75) is 6.17 Å². The molecule has 3 heterocycles. The zero-order valence-electron chi connectivity index (χ0n) is 12.8. The van der Waals surface area contributed by atoms with Crippen LogP contribution < -0.4 is 0 Å². The number of hydrogen-bond donors (Lipinski definition) is 0. The predicted octanol–water partition coefficient (Wildman–Crippen LogP) is 4.07. The summed E-state index contributed by atoms with van der Waals surface area (Å²) in [5.74, 6) is 0.790. The largest absolute Gasteiger partial charge is 0.465 e. The summed E-state index contributed by atoms with van der Waals surface area (Å²) in [6.45, 7) is 0. The quantitative estimate of drug-likeness (QED) is 0.504. The molecule has 0 aliphatic rings. The van der Waals surface area contributed by atoms with Crippen LogP contribution >= 0.6 is 0 Å². The van der Waals surface area contributed by atoms with Gasteiger partial charge >= 0.3 is 0 Å². The monoisotopic (exact) mass is 314 g/mol. The van der Waals surface area contributed by atoms with Gasteiger partial charge in [0.1, 0.15) is 0 Å². The lowest BCUT2D eigenvalue weighted by molar-refractivity contribution is 0.358. The second-order valence-corrected chi connectivity index (χ2v) is 5.68. The summed E-state index contributed by atoms with van der Waals surface area (Å²) in [4.78, 5) is 0. The average Bonchev–Trinajstić information content (AvgIpc) is 3.36. The molecule has 0 saturated carbocycles. The van der Waals surface area contributed by atoms with E-state index in [0.29, 0.717) is 0 Å². The molecule has 5 rings (SSSR count). The van der Waals surface area contributed by atoms with E-state index in [1.54, 1.807) is 6.26 Å². The van der Waals surface area contributed by atoms with E-state index in [1.165, 1.54) is 0 Å². The van der Waals surface area contributed by atoms with E-state index in [2.05, 4.69) is 34.5 Å². The molecule has 0 unspecified atom stereocenters. The summed E-state index contributed by atoms with van der Waals surface area (Å²) in [5.41, 5.74) is 2.08. The first kappa shape index (κ1) is 13.1. The molecule has 116 valence electrons. The second-order valence-electron chi connectivity index (χ2n) is 5.68. The van der Waals surface area contributed by atoms with Crippen molar-refractivity contribution in [2.75, 3.05) is 0 Å². The normalized spacial score (nSPS) is 11.7. The fourth-order valence-corrected chi connectivity index (χ4v) is 3.16. The van der Waals surface area contributed by atoms with Crippen LogP contribution in [-0.2, 0) is 0 Å². The molecule has 0 spiro atoms. The highest BCUT2D eigenvalue weighted by molar-refractivity contribution is 5.80. The average molecular weight is 314 g/mol. The predicted molar refractivity (Wildman–Crippen MR) is 91.7 cm³/mol. The Labute approximate surface area is 137 Å². The van der Waals surface area contributed by atoms with Crippen molar-refractivity contribution < 1.29 is 4.42 Å². The maximum atomic E-state index is 5.72. The number of aromatic nitrogens is 4. The van der Waals surface area contributed by atoms with Gasteiger partial charge in [-0.15, -0.1) is 0 Å². The van der Waals surface area contributed by atoms with Crippen molar-refractivity contribution in [1.29, 1.82) is 0 Å². The molecule has 0 aliphatic heterocycles. The van der Waals surface area contributed by atoms with E-state index < -0.39 is 0 Å². The minimum absolute atomic E-state index is 0.278. The van der Waals surface area contributed by atoms with Crippen molar-refractivity contribution in [1.82, 2.24) is 19.6 Å². The van der Waals surface area contributed by atoms with Gasteiger partial charge in [0.2, 0.25) is 6.17 Å². The van der Waals surface area contributed by atoms with Gasteiger partial charge in [0.05, 0.1) is 29.7 Å². The molecule has 24 heavy (non-hydrogen) atoms. The van der Waals surface area contributed by atoms with E-state index in [-0.39, 0.29) is 6.17 Å². The summed E-state index contributed by atoms with van der Waals surface area (Å²) < 4.78 is 9.62. The van der Waals surface area contributed by atoms with Crippen LogP contribution in [0.5, 0.6) is 0 Å². The molecule has 0 fully saturated rings. The molecule has 0 aliphatic carbocycles. The van der Waals surface area contributed by atoms with Gasteiger partial charge in [0.25, 0.3) is 0 Å². The van der Waals surface area contributed by atoms with Gasteiger partial charge in [-0.25, -0.2) is 9.36 Å². The Morgan fingerprint density at radius 1 is 0.708 bits per heavy atom. The number of fused-ring (bicyclic) bond motifs is 2. The Morgan fingerprint density at radius 3 is 1.83 bits per heavy atom. The molecule has 2 aromatic carbocycles. The maximum Gasteiger partial charge on any atom is 0.202 e. The molecule has 0 N–H and O–H groups in total. The third-order valence-corrected chi connectivity index (χ3v) is 4.27. The van der Waals surface area contributed by atoms with Gasteiger partial charge in [-0.3, -0.25) is 0 Å². The molecule has 0 bridgehead atoms. The molecule has 0 radical (unpaired) electrons. The number of nitrogens with zero attached hydrogens (tertiary/aromatic N) is 4. The van der Waals surface area contributed by atoms with Crippen LogP contribution in [0.15, 0.2) is 83.7 Å². The first-order valence-electron chi connectivity index (χ1n) is 7.80. The third kappa shape index (κ3) is 1.88. The lowest BCUT2D eigenvalue weighted by Gasteiger charge is -2.18. The Hall–Kier alpha value is -3.34. The number of para-hydroxylation sites is 2. The van der Waals surface area contributed by atoms with Crippen LogP contribution in [0.3, 0.4) is 0 Å². The Bertz CT molecular complexity index is 1050. The van der Waals surface area contributed by atoms with Crippen molar-refractivity contribution in [3.8, 4) is 0 Å². The highest BCUT2D eigenvalue weighted by Crippen LogP contribution is 2.28. The molecule has 5 heteroatoms. The van der Waals surface area contributed by atoms with Crippen molar-refractivity contribution in [2.24, 2.45) is 0 Å². The van der Waals surface area contributed by atoms with Gasteiger partial charge in [-0.2, -0.15) is 10.2 Å². The first-order valence-corrected chi connectivity index (χ1v) is 7.80. The van der Waals surface area contributed by atoms with E-state index in [0.717, 1.165) is 27.6 Å². The van der Waals surface area contributed by atoms with Gasteiger partial charge in [-0.1, -0.05) is 36.4 Å². The molecule has 0 atom stereocenters.